The Morgan fingerprint density at radius 3 is 2.28 bits per heavy atom. The zero-order valence-corrected chi connectivity index (χ0v) is 18.2. The van der Waals surface area contributed by atoms with E-state index < -0.39 is 23.2 Å². The lowest BCUT2D eigenvalue weighted by Crippen LogP contribution is -2.42. The molecule has 1 fully saturated rings. The minimum atomic E-state index is -0.957. The van der Waals surface area contributed by atoms with Gasteiger partial charge in [-0.25, -0.2) is 4.79 Å². The van der Waals surface area contributed by atoms with E-state index in [9.17, 15) is 14.4 Å². The Morgan fingerprint density at radius 1 is 1.07 bits per heavy atom. The molecule has 2 amide bonds. The van der Waals surface area contributed by atoms with Crippen molar-refractivity contribution in [2.75, 3.05) is 7.11 Å². The number of carbonyl (C=O) groups excluding carboxylic acids is 3. The van der Waals surface area contributed by atoms with E-state index in [1.54, 1.807) is 6.08 Å². The predicted molar refractivity (Wildman–Crippen MR) is 114 cm³/mol. The molecule has 0 saturated carbocycles. The Hall–Kier alpha value is -2.80. The summed E-state index contributed by atoms with van der Waals surface area (Å²) in [5, 5.41) is -0.470. The minimum absolute atomic E-state index is 0.298. The number of nitrogens with zero attached hydrogens (tertiary/aromatic N) is 2. The summed E-state index contributed by atoms with van der Waals surface area (Å²) >= 11 is 0.839. The lowest BCUT2D eigenvalue weighted by Gasteiger charge is -2.18. The van der Waals surface area contributed by atoms with E-state index in [2.05, 4.69) is 41.4 Å². The van der Waals surface area contributed by atoms with Crippen LogP contribution in [-0.4, -0.2) is 39.7 Å². The number of methoxy groups -OCH3 is 1. The second-order valence-corrected chi connectivity index (χ2v) is 8.25. The molecule has 29 heavy (non-hydrogen) atoms. The first kappa shape index (κ1) is 20.9. The Morgan fingerprint density at radius 2 is 1.69 bits per heavy atom. The molecule has 152 valence electrons. The van der Waals surface area contributed by atoms with Gasteiger partial charge < -0.3 is 9.30 Å². The molecule has 0 N–H and O–H groups in total. The molecule has 0 bridgehead atoms. The molecule has 1 aliphatic heterocycles. The van der Waals surface area contributed by atoms with E-state index in [0.29, 0.717) is 4.91 Å². The van der Waals surface area contributed by atoms with Crippen LogP contribution in [0.1, 0.15) is 35.0 Å². The quantitative estimate of drug-likeness (QED) is 0.553. The highest BCUT2D eigenvalue weighted by atomic mass is 32.2. The van der Waals surface area contributed by atoms with Gasteiger partial charge in [0.25, 0.3) is 11.1 Å². The molecule has 1 aromatic heterocycles. The number of rotatable bonds is 4. The van der Waals surface area contributed by atoms with Gasteiger partial charge in [0, 0.05) is 17.1 Å². The number of thioether (sulfide) groups is 1. The summed E-state index contributed by atoms with van der Waals surface area (Å²) in [5.41, 5.74) is 6.27. The second kappa shape index (κ2) is 7.91. The Balaban J connectivity index is 1.99. The van der Waals surface area contributed by atoms with Gasteiger partial charge in [-0.1, -0.05) is 6.07 Å². The third kappa shape index (κ3) is 3.87. The summed E-state index contributed by atoms with van der Waals surface area (Å²) in [5.74, 6) is -1.10. The van der Waals surface area contributed by atoms with Crippen LogP contribution >= 0.6 is 11.8 Å². The molecular weight excluding hydrogens is 388 g/mol. The fourth-order valence-corrected chi connectivity index (χ4v) is 4.54. The van der Waals surface area contributed by atoms with Gasteiger partial charge in [-0.2, -0.15) is 0 Å². The van der Waals surface area contributed by atoms with Crippen molar-refractivity contribution in [2.24, 2.45) is 0 Å². The average Bonchev–Trinajstić information content (AvgIpc) is 3.08. The van der Waals surface area contributed by atoms with E-state index >= 15 is 0 Å². The van der Waals surface area contributed by atoms with E-state index in [-0.39, 0.29) is 0 Å². The first-order chi connectivity index (χ1) is 13.6. The number of hydrogen-bond acceptors (Lipinski definition) is 5. The van der Waals surface area contributed by atoms with Crippen molar-refractivity contribution >= 4 is 35.0 Å². The number of aryl methyl sites for hydroxylation is 3. The summed E-state index contributed by atoms with van der Waals surface area (Å²) in [7, 11) is 1.23. The van der Waals surface area contributed by atoms with Crippen LogP contribution in [0.2, 0.25) is 0 Å². The monoisotopic (exact) mass is 412 g/mol. The minimum Gasteiger partial charge on any atom is -0.467 e. The van der Waals surface area contributed by atoms with Crippen LogP contribution in [0.3, 0.4) is 0 Å². The van der Waals surface area contributed by atoms with Gasteiger partial charge in [-0.05, 0) is 87.3 Å². The number of benzene rings is 1. The van der Waals surface area contributed by atoms with Crippen LogP contribution in [0.5, 0.6) is 0 Å². The van der Waals surface area contributed by atoms with E-state index in [4.69, 9.17) is 0 Å². The highest BCUT2D eigenvalue weighted by molar-refractivity contribution is 8.18. The Labute approximate surface area is 174 Å². The lowest BCUT2D eigenvalue weighted by molar-refractivity contribution is -0.148. The standard InChI is InChI=1S/C22H24N2O4S/c1-12-7-13(2)9-18(8-12)23-14(3)10-17(15(23)4)11-19-20(25)24(22(27)29-19)16(5)21(26)28-6/h7-11,16H,1-6H3/b19-11+/t16-/m0/s1. The van der Waals surface area contributed by atoms with Gasteiger partial charge in [0.1, 0.15) is 6.04 Å². The molecule has 0 aliphatic carbocycles. The van der Waals surface area contributed by atoms with Gasteiger partial charge in [-0.15, -0.1) is 0 Å². The van der Waals surface area contributed by atoms with Gasteiger partial charge in [0.2, 0.25) is 0 Å². The molecule has 3 rings (SSSR count). The number of carbonyl (C=O) groups is 3. The molecule has 6 nitrogen and oxygen atoms in total. The topological polar surface area (TPSA) is 68.6 Å². The Kier molecular flexibility index (Phi) is 5.71. The van der Waals surface area contributed by atoms with Crippen molar-refractivity contribution in [3.05, 3.63) is 57.2 Å². The first-order valence-electron chi connectivity index (χ1n) is 9.26. The van der Waals surface area contributed by atoms with Gasteiger partial charge in [-0.3, -0.25) is 14.5 Å². The summed E-state index contributed by atoms with van der Waals surface area (Å²) < 4.78 is 6.80. The summed E-state index contributed by atoms with van der Waals surface area (Å²) in [6, 6.07) is 7.38. The zero-order chi connectivity index (χ0) is 21.5. The number of amides is 2. The maximum Gasteiger partial charge on any atom is 0.328 e. The molecule has 0 unspecified atom stereocenters. The summed E-state index contributed by atoms with van der Waals surface area (Å²) in [6.45, 7) is 9.59. The first-order valence-corrected chi connectivity index (χ1v) is 10.1. The molecule has 0 spiro atoms. The second-order valence-electron chi connectivity index (χ2n) is 7.26. The van der Waals surface area contributed by atoms with Gasteiger partial charge in [0.15, 0.2) is 0 Å². The lowest BCUT2D eigenvalue weighted by atomic mass is 10.1. The molecule has 2 aromatic rings. The van der Waals surface area contributed by atoms with Crippen molar-refractivity contribution in [1.29, 1.82) is 0 Å². The number of imide groups is 1. The van der Waals surface area contributed by atoms with Crippen molar-refractivity contribution in [1.82, 2.24) is 9.47 Å². The third-order valence-corrected chi connectivity index (χ3v) is 5.86. The molecule has 2 heterocycles. The van der Waals surface area contributed by atoms with E-state index in [0.717, 1.165) is 39.3 Å². The van der Waals surface area contributed by atoms with Crippen molar-refractivity contribution < 1.29 is 19.1 Å². The Bertz CT molecular complexity index is 1030. The van der Waals surface area contributed by atoms with Gasteiger partial charge in [0.05, 0.1) is 12.0 Å². The maximum absolute atomic E-state index is 12.7. The number of ether oxygens (including phenoxy) is 1. The van der Waals surface area contributed by atoms with Crippen molar-refractivity contribution in [3.63, 3.8) is 0 Å². The summed E-state index contributed by atoms with van der Waals surface area (Å²) in [6.07, 6.45) is 1.72. The van der Waals surface area contributed by atoms with E-state index in [1.807, 2.05) is 19.9 Å². The molecule has 1 saturated heterocycles. The molecule has 1 aromatic carbocycles. The predicted octanol–water partition coefficient (Wildman–Crippen LogP) is 4.31. The number of esters is 1. The normalized spacial score (nSPS) is 16.6. The van der Waals surface area contributed by atoms with Crippen LogP contribution < -0.4 is 0 Å². The van der Waals surface area contributed by atoms with Crippen LogP contribution in [0.15, 0.2) is 29.2 Å². The molecule has 1 aliphatic rings. The van der Waals surface area contributed by atoms with E-state index in [1.165, 1.54) is 25.2 Å². The average molecular weight is 413 g/mol. The smallest absolute Gasteiger partial charge is 0.328 e. The number of hydrogen-bond donors (Lipinski definition) is 0. The van der Waals surface area contributed by atoms with Crippen molar-refractivity contribution in [2.45, 2.75) is 40.7 Å². The highest BCUT2D eigenvalue weighted by Crippen LogP contribution is 2.35. The molecular formula is C22H24N2O4S. The van der Waals surface area contributed by atoms with Gasteiger partial charge >= 0.3 is 5.97 Å². The summed E-state index contributed by atoms with van der Waals surface area (Å²) in [4.78, 5) is 38.1. The van der Waals surface area contributed by atoms with Crippen LogP contribution in [0, 0.1) is 27.7 Å². The molecule has 1 atom stereocenters. The highest BCUT2D eigenvalue weighted by Gasteiger charge is 2.41. The van der Waals surface area contributed by atoms with Crippen LogP contribution in [0.25, 0.3) is 11.8 Å². The fourth-order valence-electron chi connectivity index (χ4n) is 3.64. The largest absolute Gasteiger partial charge is 0.467 e. The number of aromatic nitrogens is 1. The van der Waals surface area contributed by atoms with Crippen LogP contribution in [0.4, 0.5) is 4.79 Å². The SMILES string of the molecule is COC(=O)[C@H](C)N1C(=O)S/C(=C/c2cc(C)n(-c3cc(C)cc(C)c3)c2C)C1=O. The zero-order valence-electron chi connectivity index (χ0n) is 17.4. The van der Waals surface area contributed by atoms with Crippen LogP contribution in [-0.2, 0) is 14.3 Å². The van der Waals surface area contributed by atoms with Crippen molar-refractivity contribution in [3.8, 4) is 5.69 Å². The maximum atomic E-state index is 12.7. The fraction of sp³-hybridized carbons (Fsp3) is 0.318. The molecule has 0 radical (unpaired) electrons. The third-order valence-electron chi connectivity index (χ3n) is 4.97. The molecule has 7 heteroatoms.